The average Bonchev–Trinajstić information content (AvgIpc) is 2.68. The van der Waals surface area contributed by atoms with Crippen molar-refractivity contribution in [1.82, 2.24) is 10.2 Å². The quantitative estimate of drug-likeness (QED) is 0.552. The van der Waals surface area contributed by atoms with Gasteiger partial charge >= 0.3 is 0 Å². The zero-order valence-corrected chi connectivity index (χ0v) is 19.1. The van der Waals surface area contributed by atoms with Crippen molar-refractivity contribution >= 4 is 51.1 Å². The Morgan fingerprint density at radius 3 is 2.32 bits per heavy atom. The summed E-state index contributed by atoms with van der Waals surface area (Å²) in [5, 5.41) is 3.50. The largest absolute Gasteiger partial charge is 0.355 e. The minimum Gasteiger partial charge on any atom is -0.355 e. The van der Waals surface area contributed by atoms with E-state index in [0.717, 1.165) is 15.6 Å². The highest BCUT2D eigenvalue weighted by Gasteiger charge is 2.25. The van der Waals surface area contributed by atoms with Gasteiger partial charge in [0, 0.05) is 28.3 Å². The third kappa shape index (κ3) is 7.15. The molecule has 1 unspecified atom stereocenters. The standard InChI is InChI=1S/C21H24BrClN2O2S/c1-3-24-21(27)15(2)25(12-16-4-8-18(22)9-5-16)20(26)14-28-13-17-6-10-19(23)11-7-17/h4-11,15H,3,12-14H2,1-2H3,(H,24,27). The normalized spacial score (nSPS) is 11.7. The number of likely N-dealkylation sites (N-methyl/N-ethyl adjacent to an activating group) is 1. The average molecular weight is 484 g/mol. The minimum absolute atomic E-state index is 0.0550. The first-order valence-electron chi connectivity index (χ1n) is 9.04. The van der Waals surface area contributed by atoms with Crippen molar-refractivity contribution in [1.29, 1.82) is 0 Å². The maximum absolute atomic E-state index is 12.9. The summed E-state index contributed by atoms with van der Waals surface area (Å²) in [6.07, 6.45) is 0. The van der Waals surface area contributed by atoms with Gasteiger partial charge in [-0.25, -0.2) is 0 Å². The van der Waals surface area contributed by atoms with Gasteiger partial charge in [0.25, 0.3) is 0 Å². The molecule has 150 valence electrons. The Balaban J connectivity index is 2.03. The Labute approximate surface area is 184 Å². The van der Waals surface area contributed by atoms with Crippen LogP contribution >= 0.6 is 39.3 Å². The van der Waals surface area contributed by atoms with Crippen molar-refractivity contribution in [2.24, 2.45) is 0 Å². The van der Waals surface area contributed by atoms with E-state index in [1.165, 1.54) is 11.8 Å². The van der Waals surface area contributed by atoms with Crippen molar-refractivity contribution in [2.45, 2.75) is 32.2 Å². The van der Waals surface area contributed by atoms with Gasteiger partial charge in [0.15, 0.2) is 0 Å². The predicted molar refractivity (Wildman–Crippen MR) is 120 cm³/mol. The Morgan fingerprint density at radius 2 is 1.71 bits per heavy atom. The number of nitrogens with one attached hydrogen (secondary N) is 1. The SMILES string of the molecule is CCNC(=O)C(C)N(Cc1ccc(Br)cc1)C(=O)CSCc1ccc(Cl)cc1. The molecule has 0 aliphatic carbocycles. The van der Waals surface area contributed by atoms with E-state index in [0.29, 0.717) is 29.6 Å². The third-order valence-corrected chi connectivity index (χ3v) is 5.96. The monoisotopic (exact) mass is 482 g/mol. The van der Waals surface area contributed by atoms with E-state index in [1.807, 2.05) is 55.5 Å². The molecule has 2 rings (SSSR count). The Morgan fingerprint density at radius 1 is 1.11 bits per heavy atom. The first kappa shape index (κ1) is 22.8. The van der Waals surface area contributed by atoms with Crippen LogP contribution in [0.4, 0.5) is 0 Å². The fraction of sp³-hybridized carbons (Fsp3) is 0.333. The van der Waals surface area contributed by atoms with E-state index < -0.39 is 6.04 Å². The van der Waals surface area contributed by atoms with E-state index in [1.54, 1.807) is 11.8 Å². The molecule has 2 aromatic rings. The third-order valence-electron chi connectivity index (χ3n) is 4.19. The molecule has 0 fully saturated rings. The van der Waals surface area contributed by atoms with E-state index >= 15 is 0 Å². The highest BCUT2D eigenvalue weighted by atomic mass is 79.9. The molecule has 7 heteroatoms. The van der Waals surface area contributed by atoms with Crippen molar-refractivity contribution in [3.05, 3.63) is 69.2 Å². The fourth-order valence-corrected chi connectivity index (χ4v) is 3.87. The maximum atomic E-state index is 12.9. The van der Waals surface area contributed by atoms with E-state index in [9.17, 15) is 9.59 Å². The first-order chi connectivity index (χ1) is 13.4. The van der Waals surface area contributed by atoms with Gasteiger partial charge in [0.05, 0.1) is 5.75 Å². The number of nitrogens with zero attached hydrogens (tertiary/aromatic N) is 1. The lowest BCUT2D eigenvalue weighted by atomic mass is 10.1. The molecule has 2 amide bonds. The van der Waals surface area contributed by atoms with Gasteiger partial charge in [0.2, 0.25) is 11.8 Å². The van der Waals surface area contributed by atoms with Crippen LogP contribution in [0.5, 0.6) is 0 Å². The van der Waals surface area contributed by atoms with Crippen LogP contribution in [0.2, 0.25) is 5.02 Å². The highest BCUT2D eigenvalue weighted by molar-refractivity contribution is 9.10. The van der Waals surface area contributed by atoms with Crippen molar-refractivity contribution in [2.75, 3.05) is 12.3 Å². The molecule has 0 aliphatic rings. The van der Waals surface area contributed by atoms with Crippen LogP contribution in [0.1, 0.15) is 25.0 Å². The molecule has 0 aromatic heterocycles. The van der Waals surface area contributed by atoms with Crippen molar-refractivity contribution in [3.8, 4) is 0 Å². The molecule has 0 heterocycles. The maximum Gasteiger partial charge on any atom is 0.242 e. The van der Waals surface area contributed by atoms with Gasteiger partial charge in [-0.2, -0.15) is 0 Å². The van der Waals surface area contributed by atoms with Crippen LogP contribution in [0.25, 0.3) is 0 Å². The molecule has 0 aliphatic heterocycles. The zero-order chi connectivity index (χ0) is 20.5. The molecule has 0 radical (unpaired) electrons. The van der Waals surface area contributed by atoms with Crippen LogP contribution in [0.3, 0.4) is 0 Å². The summed E-state index contributed by atoms with van der Waals surface area (Å²) in [6, 6.07) is 14.8. The number of hydrogen-bond acceptors (Lipinski definition) is 3. The molecular weight excluding hydrogens is 460 g/mol. The van der Waals surface area contributed by atoms with Crippen LogP contribution in [-0.2, 0) is 21.9 Å². The highest BCUT2D eigenvalue weighted by Crippen LogP contribution is 2.18. The Bertz CT molecular complexity index is 784. The summed E-state index contributed by atoms with van der Waals surface area (Å²) in [4.78, 5) is 26.9. The van der Waals surface area contributed by atoms with Crippen LogP contribution in [0, 0.1) is 0 Å². The molecule has 0 saturated heterocycles. The predicted octanol–water partition coefficient (Wildman–Crippen LogP) is 4.89. The number of benzene rings is 2. The van der Waals surface area contributed by atoms with Gasteiger partial charge in [0.1, 0.15) is 6.04 Å². The zero-order valence-electron chi connectivity index (χ0n) is 16.0. The lowest BCUT2D eigenvalue weighted by Gasteiger charge is -2.28. The Hall–Kier alpha value is -1.50. The van der Waals surface area contributed by atoms with Gasteiger partial charge in [-0.15, -0.1) is 11.8 Å². The molecule has 1 atom stereocenters. The number of thioether (sulfide) groups is 1. The smallest absolute Gasteiger partial charge is 0.242 e. The molecule has 1 N–H and O–H groups in total. The molecule has 0 bridgehead atoms. The molecule has 0 saturated carbocycles. The summed E-state index contributed by atoms with van der Waals surface area (Å²) in [7, 11) is 0. The second kappa shape index (κ2) is 11.5. The topological polar surface area (TPSA) is 49.4 Å². The number of halogens is 2. The lowest BCUT2D eigenvalue weighted by molar-refractivity contribution is -0.138. The van der Waals surface area contributed by atoms with Crippen molar-refractivity contribution in [3.63, 3.8) is 0 Å². The van der Waals surface area contributed by atoms with Crippen LogP contribution in [-0.4, -0.2) is 35.1 Å². The second-order valence-corrected chi connectivity index (χ2v) is 8.68. The van der Waals surface area contributed by atoms with Crippen molar-refractivity contribution < 1.29 is 9.59 Å². The number of rotatable bonds is 9. The van der Waals surface area contributed by atoms with E-state index in [2.05, 4.69) is 21.2 Å². The summed E-state index contributed by atoms with van der Waals surface area (Å²) in [5.74, 6) is 0.823. The number of amides is 2. The van der Waals surface area contributed by atoms with Gasteiger partial charge in [-0.05, 0) is 49.2 Å². The Kier molecular flexibility index (Phi) is 9.35. The van der Waals surface area contributed by atoms with Crippen LogP contribution in [0.15, 0.2) is 53.0 Å². The van der Waals surface area contributed by atoms with E-state index in [4.69, 9.17) is 11.6 Å². The number of carbonyl (C=O) groups is 2. The summed E-state index contributed by atoms with van der Waals surface area (Å²) in [5.41, 5.74) is 2.09. The summed E-state index contributed by atoms with van der Waals surface area (Å²) in [6.45, 7) is 4.57. The molecule has 28 heavy (non-hydrogen) atoms. The molecule has 0 spiro atoms. The minimum atomic E-state index is -0.535. The van der Waals surface area contributed by atoms with E-state index in [-0.39, 0.29) is 11.8 Å². The van der Waals surface area contributed by atoms with Gasteiger partial charge in [-0.1, -0.05) is 51.8 Å². The first-order valence-corrected chi connectivity index (χ1v) is 11.4. The molecular formula is C21H24BrClN2O2S. The second-order valence-electron chi connectivity index (χ2n) is 6.34. The van der Waals surface area contributed by atoms with Gasteiger partial charge < -0.3 is 10.2 Å². The molecule has 2 aromatic carbocycles. The fourth-order valence-electron chi connectivity index (χ4n) is 2.61. The summed E-state index contributed by atoms with van der Waals surface area (Å²) >= 11 is 10.9. The molecule has 4 nitrogen and oxygen atoms in total. The van der Waals surface area contributed by atoms with Crippen LogP contribution < -0.4 is 5.32 Å². The number of carbonyl (C=O) groups excluding carboxylic acids is 2. The number of hydrogen-bond donors (Lipinski definition) is 1. The van der Waals surface area contributed by atoms with Gasteiger partial charge in [-0.3, -0.25) is 9.59 Å². The summed E-state index contributed by atoms with van der Waals surface area (Å²) < 4.78 is 0.976. The lowest BCUT2D eigenvalue weighted by Crippen LogP contribution is -2.48.